The first-order chi connectivity index (χ1) is 12.9. The van der Waals surface area contributed by atoms with Gasteiger partial charge in [-0.25, -0.2) is 0 Å². The predicted octanol–water partition coefficient (Wildman–Crippen LogP) is 3.72. The monoisotopic (exact) mass is 381 g/mol. The van der Waals surface area contributed by atoms with Crippen LogP contribution in [0.3, 0.4) is 0 Å². The van der Waals surface area contributed by atoms with Gasteiger partial charge in [-0.05, 0) is 62.7 Å². The van der Waals surface area contributed by atoms with Crippen LogP contribution < -0.4 is 4.90 Å². The molecule has 4 rings (SSSR count). The molecular weight excluding hydrogens is 355 g/mol. The molecule has 2 saturated heterocycles. The van der Waals surface area contributed by atoms with Crippen LogP contribution in [0.4, 0.5) is 18.9 Å². The molecule has 0 amide bonds. The Morgan fingerprint density at radius 3 is 2.70 bits per heavy atom. The highest BCUT2D eigenvalue weighted by Crippen LogP contribution is 2.44. The Morgan fingerprint density at radius 1 is 1.19 bits per heavy atom. The molecule has 2 aliphatic heterocycles. The van der Waals surface area contributed by atoms with Crippen LogP contribution in [0, 0.1) is 11.8 Å². The Hall–Kier alpha value is -1.60. The molecule has 27 heavy (non-hydrogen) atoms. The van der Waals surface area contributed by atoms with Crippen molar-refractivity contribution in [2.75, 3.05) is 24.5 Å². The van der Waals surface area contributed by atoms with Crippen molar-refractivity contribution < 1.29 is 18.3 Å². The van der Waals surface area contributed by atoms with Crippen molar-refractivity contribution in [3.8, 4) is 0 Å². The van der Waals surface area contributed by atoms with Crippen molar-refractivity contribution in [3.63, 3.8) is 0 Å². The molecule has 7 heteroatoms. The molecule has 0 aromatic carbocycles. The van der Waals surface area contributed by atoms with E-state index in [1.165, 1.54) is 18.9 Å². The van der Waals surface area contributed by atoms with Gasteiger partial charge in [-0.2, -0.15) is 13.2 Å². The van der Waals surface area contributed by atoms with Crippen molar-refractivity contribution in [1.82, 2.24) is 9.88 Å². The van der Waals surface area contributed by atoms with Crippen molar-refractivity contribution in [2.24, 2.45) is 11.8 Å². The van der Waals surface area contributed by atoms with E-state index in [-0.39, 0.29) is 18.3 Å². The summed E-state index contributed by atoms with van der Waals surface area (Å²) in [7, 11) is 0. The molecule has 4 nitrogen and oxygen atoms in total. The van der Waals surface area contributed by atoms with Crippen molar-refractivity contribution in [3.05, 3.63) is 35.7 Å². The molecule has 1 N–H and O–H groups in total. The first-order valence-corrected chi connectivity index (χ1v) is 9.79. The molecule has 148 valence electrons. The van der Waals surface area contributed by atoms with Crippen molar-refractivity contribution in [1.29, 1.82) is 0 Å². The Labute approximate surface area is 157 Å². The highest BCUT2D eigenvalue weighted by atomic mass is 19.4. The zero-order chi connectivity index (χ0) is 19.0. The molecule has 1 aliphatic carbocycles. The van der Waals surface area contributed by atoms with E-state index >= 15 is 0 Å². The van der Waals surface area contributed by atoms with E-state index in [1.807, 2.05) is 11.0 Å². The number of hydrogen-bond acceptors (Lipinski definition) is 4. The zero-order valence-corrected chi connectivity index (χ0v) is 15.3. The summed E-state index contributed by atoms with van der Waals surface area (Å²) in [5.41, 5.74) is 1.46. The second-order valence-corrected chi connectivity index (χ2v) is 7.97. The molecule has 3 heterocycles. The lowest BCUT2D eigenvalue weighted by Crippen LogP contribution is -2.51. The van der Waals surface area contributed by atoms with E-state index < -0.39 is 18.0 Å². The van der Waals surface area contributed by atoms with E-state index in [0.29, 0.717) is 13.0 Å². The molecule has 1 aromatic heterocycles. The van der Waals surface area contributed by atoms with Crippen LogP contribution in [0.5, 0.6) is 0 Å². The van der Waals surface area contributed by atoms with Crippen LogP contribution in [0.1, 0.15) is 37.7 Å². The summed E-state index contributed by atoms with van der Waals surface area (Å²) in [5.74, 6) is -0.277. The Balaban J connectivity index is 1.55. The third kappa shape index (κ3) is 3.85. The number of aromatic nitrogens is 1. The number of likely N-dealkylation sites (tertiary alicyclic amines) is 1. The lowest BCUT2D eigenvalue weighted by molar-refractivity contribution is -0.101. The van der Waals surface area contributed by atoms with Gasteiger partial charge in [0.25, 0.3) is 0 Å². The summed E-state index contributed by atoms with van der Waals surface area (Å²) >= 11 is 0. The van der Waals surface area contributed by atoms with Crippen molar-refractivity contribution >= 4 is 5.69 Å². The number of alkyl halides is 3. The van der Waals surface area contributed by atoms with Gasteiger partial charge in [-0.3, -0.25) is 9.88 Å². The van der Waals surface area contributed by atoms with E-state index in [1.54, 1.807) is 12.4 Å². The summed E-state index contributed by atoms with van der Waals surface area (Å²) in [5, 5.41) is 11.0. The smallest absolute Gasteiger partial charge is 0.373 e. The molecule has 3 atom stereocenters. The maximum absolute atomic E-state index is 13.2. The molecule has 0 bridgehead atoms. The average molecular weight is 381 g/mol. The fraction of sp³-hybridized carbons (Fsp3) is 0.650. The van der Waals surface area contributed by atoms with E-state index in [2.05, 4.69) is 9.88 Å². The van der Waals surface area contributed by atoms with Gasteiger partial charge in [-0.15, -0.1) is 0 Å². The second kappa shape index (κ2) is 7.43. The fourth-order valence-electron chi connectivity index (χ4n) is 4.80. The summed E-state index contributed by atoms with van der Waals surface area (Å²) in [6.45, 7) is 3.57. The van der Waals surface area contributed by atoms with Gasteiger partial charge in [0.2, 0.25) is 0 Å². The van der Waals surface area contributed by atoms with Crippen LogP contribution in [0.2, 0.25) is 0 Å². The Morgan fingerprint density at radius 2 is 1.96 bits per heavy atom. The number of aliphatic hydroxyl groups excluding tert-OH is 1. The Kier molecular flexibility index (Phi) is 5.16. The second-order valence-electron chi connectivity index (χ2n) is 7.97. The number of anilines is 1. The summed E-state index contributed by atoms with van der Waals surface area (Å²) in [4.78, 5) is 8.48. The van der Waals surface area contributed by atoms with E-state index in [4.69, 9.17) is 0 Å². The summed E-state index contributed by atoms with van der Waals surface area (Å²) in [6, 6.07) is 1.97. The number of hydrogen-bond donors (Lipinski definition) is 1. The number of halogens is 3. The average Bonchev–Trinajstić information content (AvgIpc) is 3.15. The maximum Gasteiger partial charge on any atom is 0.412 e. The summed E-state index contributed by atoms with van der Waals surface area (Å²) in [6.07, 6.45) is 3.10. The Bertz CT molecular complexity index is 700. The minimum Gasteiger partial charge on any atom is -0.373 e. The molecular formula is C20H26F3N3O. The van der Waals surface area contributed by atoms with Crippen LogP contribution in [-0.2, 0) is 6.54 Å². The van der Waals surface area contributed by atoms with E-state index in [9.17, 15) is 18.3 Å². The van der Waals surface area contributed by atoms with Gasteiger partial charge in [0.1, 0.15) is 6.23 Å². The number of rotatable bonds is 3. The quantitative estimate of drug-likeness (QED) is 0.810. The van der Waals surface area contributed by atoms with Crippen LogP contribution in [0.15, 0.2) is 30.1 Å². The number of fused-ring (bicyclic) bond motifs is 1. The van der Waals surface area contributed by atoms with E-state index in [0.717, 1.165) is 37.3 Å². The number of piperidine rings is 1. The zero-order valence-electron chi connectivity index (χ0n) is 15.3. The minimum absolute atomic E-state index is 0.104. The third-order valence-corrected chi connectivity index (χ3v) is 6.32. The number of nitrogens with zero attached hydrogens (tertiary/aromatic N) is 3. The molecule has 3 unspecified atom stereocenters. The fourth-order valence-corrected chi connectivity index (χ4v) is 4.80. The lowest BCUT2D eigenvalue weighted by Gasteiger charge is -2.46. The molecule has 2 fully saturated rings. The first-order valence-electron chi connectivity index (χ1n) is 9.79. The van der Waals surface area contributed by atoms with Gasteiger partial charge in [0.05, 0.1) is 11.9 Å². The highest BCUT2D eigenvalue weighted by Gasteiger charge is 2.44. The molecule has 3 aliphatic rings. The molecule has 0 spiro atoms. The number of pyridine rings is 1. The molecule has 0 saturated carbocycles. The van der Waals surface area contributed by atoms with Crippen LogP contribution in [-0.4, -0.2) is 47.0 Å². The third-order valence-electron chi connectivity index (χ3n) is 6.32. The number of allylic oxidation sites excluding steroid dienone is 2. The first kappa shape index (κ1) is 18.7. The number of aliphatic hydroxyl groups is 1. The topological polar surface area (TPSA) is 39.6 Å². The lowest BCUT2D eigenvalue weighted by atomic mass is 9.74. The SMILES string of the molecule is OC1C2CC(C(F)(F)F)=CCC2CCN1c1cnccc1CN1CCCC1. The van der Waals surface area contributed by atoms with Crippen LogP contribution >= 0.6 is 0 Å². The largest absolute Gasteiger partial charge is 0.412 e. The van der Waals surface area contributed by atoms with Gasteiger partial charge >= 0.3 is 6.18 Å². The predicted molar refractivity (Wildman–Crippen MR) is 97.1 cm³/mol. The van der Waals surface area contributed by atoms with Gasteiger partial charge < -0.3 is 10.0 Å². The van der Waals surface area contributed by atoms with Gasteiger partial charge in [0.15, 0.2) is 0 Å². The highest BCUT2D eigenvalue weighted by molar-refractivity contribution is 5.53. The standard InChI is InChI=1S/C20H26F3N3O/c21-20(22,23)16-4-3-14-6-10-26(19(27)17(14)11-16)18-12-24-7-5-15(18)13-25-8-1-2-9-25/h4-5,7,12,14,17,19,27H,1-3,6,8-11,13H2. The van der Waals surface area contributed by atoms with Gasteiger partial charge in [0, 0.05) is 30.8 Å². The molecule has 0 radical (unpaired) electrons. The maximum atomic E-state index is 13.2. The normalized spacial score (nSPS) is 29.6. The molecule has 1 aromatic rings. The summed E-state index contributed by atoms with van der Waals surface area (Å²) < 4.78 is 39.5. The van der Waals surface area contributed by atoms with Gasteiger partial charge in [-0.1, -0.05) is 6.08 Å². The van der Waals surface area contributed by atoms with Crippen LogP contribution in [0.25, 0.3) is 0 Å². The minimum atomic E-state index is -4.30. The van der Waals surface area contributed by atoms with Crippen molar-refractivity contribution in [2.45, 2.75) is 51.1 Å².